The first-order valence-corrected chi connectivity index (χ1v) is 25.2. The maximum Gasteiger partial charge on any atom is 0.235 e. The number of nitrogens with zero attached hydrogens (tertiary/aromatic N) is 3. The van der Waals surface area contributed by atoms with Crippen molar-refractivity contribution in [1.29, 1.82) is 0 Å². The van der Waals surface area contributed by atoms with Crippen molar-refractivity contribution in [2.75, 3.05) is 0 Å². The molecule has 0 radical (unpaired) electrons. The van der Waals surface area contributed by atoms with Crippen LogP contribution >= 0.6 is 0 Å². The van der Waals surface area contributed by atoms with Crippen LogP contribution in [0, 0.1) is 0 Å². The molecule has 0 N–H and O–H groups in total. The molecule has 12 rings (SSSR count). The van der Waals surface area contributed by atoms with Gasteiger partial charge in [-0.1, -0.05) is 249 Å². The molecule has 0 fully saturated rings. The summed E-state index contributed by atoms with van der Waals surface area (Å²) in [6, 6.07) is 99.1. The molecule has 3 nitrogen and oxygen atoms in total. The Morgan fingerprint density at radius 1 is 0.250 bits per heavy atom. The molecule has 0 atom stereocenters. The van der Waals surface area contributed by atoms with Gasteiger partial charge >= 0.3 is 0 Å². The maximum atomic E-state index is 5.57. The van der Waals surface area contributed by atoms with Gasteiger partial charge in [-0.2, -0.15) is 0 Å². The van der Waals surface area contributed by atoms with Crippen LogP contribution in [0.5, 0.6) is 0 Å². The number of para-hydroxylation sites is 1. The molecule has 4 heteroatoms. The monoisotopic (exact) mass is 883 g/mol. The van der Waals surface area contributed by atoms with Crippen LogP contribution in [-0.2, 0) is 0 Å². The SMILES string of the molecule is c1ccc(-c2cccc([Si](c3ccccc3)(c3cccc(-c4ccccc4)c3)c3cccc(-c4cc(-c5ccccc5)nc(-n5c6ccccc6c6cc(-c7ccccc7)ccc65)n4)c3)c2)cc1. The van der Waals surface area contributed by atoms with Gasteiger partial charge in [-0.05, 0) is 78.4 Å². The lowest BCUT2D eigenvalue weighted by molar-refractivity contribution is 0.996. The summed E-state index contributed by atoms with van der Waals surface area (Å²) < 4.78 is 2.24. The van der Waals surface area contributed by atoms with E-state index in [1.165, 1.54) is 54.1 Å². The quantitative estimate of drug-likeness (QED) is 0.101. The molecule has 320 valence electrons. The second-order valence-corrected chi connectivity index (χ2v) is 21.2. The van der Waals surface area contributed by atoms with Gasteiger partial charge in [0.1, 0.15) is 0 Å². The Balaban J connectivity index is 1.11. The van der Waals surface area contributed by atoms with E-state index < -0.39 is 8.07 Å². The summed E-state index contributed by atoms with van der Waals surface area (Å²) in [5, 5.41) is 7.51. The molecule has 2 aromatic heterocycles. The smallest absolute Gasteiger partial charge is 0.235 e. The minimum Gasteiger partial charge on any atom is -0.278 e. The van der Waals surface area contributed by atoms with Crippen LogP contribution in [0.2, 0.25) is 0 Å². The minimum atomic E-state index is -3.09. The first-order chi connectivity index (χ1) is 33.7. The van der Waals surface area contributed by atoms with Crippen molar-refractivity contribution in [2.45, 2.75) is 0 Å². The van der Waals surface area contributed by atoms with Crippen molar-refractivity contribution in [3.63, 3.8) is 0 Å². The van der Waals surface area contributed by atoms with E-state index in [-0.39, 0.29) is 0 Å². The molecule has 10 aromatic carbocycles. The summed E-state index contributed by atoms with van der Waals surface area (Å²) in [5.41, 5.74) is 13.0. The molecule has 0 amide bonds. The number of fused-ring (bicyclic) bond motifs is 3. The van der Waals surface area contributed by atoms with E-state index >= 15 is 0 Å². The second-order valence-electron chi connectivity index (χ2n) is 17.3. The third kappa shape index (κ3) is 7.34. The van der Waals surface area contributed by atoms with Gasteiger partial charge in [0, 0.05) is 21.9 Å². The highest BCUT2D eigenvalue weighted by Crippen LogP contribution is 2.36. The zero-order chi connectivity index (χ0) is 45.3. The van der Waals surface area contributed by atoms with E-state index in [0.29, 0.717) is 5.95 Å². The Morgan fingerprint density at radius 3 is 1.18 bits per heavy atom. The maximum absolute atomic E-state index is 5.57. The molecule has 2 heterocycles. The van der Waals surface area contributed by atoms with Crippen LogP contribution in [0.4, 0.5) is 0 Å². The van der Waals surface area contributed by atoms with Gasteiger partial charge < -0.3 is 0 Å². The van der Waals surface area contributed by atoms with Gasteiger partial charge in [0.05, 0.1) is 22.4 Å². The molecule has 68 heavy (non-hydrogen) atoms. The number of hydrogen-bond donors (Lipinski definition) is 0. The van der Waals surface area contributed by atoms with Gasteiger partial charge in [-0.15, -0.1) is 0 Å². The fourth-order valence-electron chi connectivity index (χ4n) is 10.2. The minimum absolute atomic E-state index is 0.628. The number of rotatable bonds is 10. The summed E-state index contributed by atoms with van der Waals surface area (Å²) in [6.07, 6.45) is 0. The van der Waals surface area contributed by atoms with Crippen LogP contribution in [-0.4, -0.2) is 22.6 Å². The normalized spacial score (nSPS) is 11.5. The molecular formula is C64H45N3Si. The first kappa shape index (κ1) is 40.8. The molecule has 0 aliphatic carbocycles. The molecule has 0 saturated carbocycles. The van der Waals surface area contributed by atoms with Crippen LogP contribution in [0.3, 0.4) is 0 Å². The van der Waals surface area contributed by atoms with E-state index in [4.69, 9.17) is 9.97 Å². The summed E-state index contributed by atoms with van der Waals surface area (Å²) in [5.74, 6) is 0.628. The lowest BCUT2D eigenvalue weighted by Crippen LogP contribution is -2.74. The van der Waals surface area contributed by atoms with Crippen molar-refractivity contribution in [2.24, 2.45) is 0 Å². The van der Waals surface area contributed by atoms with Crippen molar-refractivity contribution in [3.05, 3.63) is 273 Å². The Labute approximate surface area is 398 Å². The van der Waals surface area contributed by atoms with E-state index in [0.717, 1.165) is 44.3 Å². The third-order valence-corrected chi connectivity index (χ3v) is 18.1. The van der Waals surface area contributed by atoms with Crippen molar-refractivity contribution in [3.8, 4) is 61.8 Å². The van der Waals surface area contributed by atoms with Crippen LogP contribution in [0.1, 0.15) is 0 Å². The Kier molecular flexibility index (Phi) is 10.6. The highest BCUT2D eigenvalue weighted by molar-refractivity contribution is 7.20. The lowest BCUT2D eigenvalue weighted by Gasteiger charge is -2.35. The number of benzene rings is 10. The molecular weight excluding hydrogens is 839 g/mol. The Hall–Kier alpha value is -8.70. The molecule has 0 aliphatic rings. The Morgan fingerprint density at radius 2 is 0.632 bits per heavy atom. The fourth-order valence-corrected chi connectivity index (χ4v) is 15.0. The highest BCUT2D eigenvalue weighted by Gasteiger charge is 2.42. The standard InChI is InChI=1S/C64H45N3Si/c1-6-21-46(22-7-1)50-29-18-34-55(41-50)68(54-32-14-5-15-33-54,56-35-19-30-51(42-56)47-23-8-2-9-24-47)57-36-20-31-53(43-57)61-45-60(49-27-12-4-13-28-49)65-64(66-61)67-62-38-17-16-37-58(62)59-44-52(39-40-63(59)67)48-25-10-3-11-26-48/h1-45H. The molecule has 0 aliphatic heterocycles. The third-order valence-electron chi connectivity index (χ3n) is 13.4. The van der Waals surface area contributed by atoms with Crippen molar-refractivity contribution >= 4 is 50.6 Å². The van der Waals surface area contributed by atoms with Crippen molar-refractivity contribution in [1.82, 2.24) is 14.5 Å². The summed E-state index contributed by atoms with van der Waals surface area (Å²) >= 11 is 0. The summed E-state index contributed by atoms with van der Waals surface area (Å²) in [4.78, 5) is 11.0. The van der Waals surface area contributed by atoms with E-state index in [9.17, 15) is 0 Å². The van der Waals surface area contributed by atoms with Gasteiger partial charge in [0.2, 0.25) is 5.95 Å². The summed E-state index contributed by atoms with van der Waals surface area (Å²) in [7, 11) is -3.09. The largest absolute Gasteiger partial charge is 0.278 e. The van der Waals surface area contributed by atoms with Crippen LogP contribution in [0.25, 0.3) is 83.6 Å². The van der Waals surface area contributed by atoms with Crippen LogP contribution in [0.15, 0.2) is 273 Å². The van der Waals surface area contributed by atoms with E-state index in [1.54, 1.807) is 0 Å². The lowest BCUT2D eigenvalue weighted by atomic mass is 10.0. The predicted molar refractivity (Wildman–Crippen MR) is 287 cm³/mol. The zero-order valence-corrected chi connectivity index (χ0v) is 38.3. The average molecular weight is 884 g/mol. The molecule has 0 spiro atoms. The Bertz CT molecular complexity index is 3640. The van der Waals surface area contributed by atoms with Crippen molar-refractivity contribution < 1.29 is 0 Å². The van der Waals surface area contributed by atoms with E-state index in [2.05, 4.69) is 278 Å². The molecule has 0 saturated heterocycles. The fraction of sp³-hybridized carbons (Fsp3) is 0. The average Bonchev–Trinajstić information content (AvgIpc) is 3.76. The van der Waals surface area contributed by atoms with E-state index in [1.807, 2.05) is 0 Å². The van der Waals surface area contributed by atoms with Gasteiger partial charge in [0.25, 0.3) is 0 Å². The highest BCUT2D eigenvalue weighted by atomic mass is 28.3. The van der Waals surface area contributed by atoms with Gasteiger partial charge in [0.15, 0.2) is 8.07 Å². The second kappa shape index (κ2) is 17.6. The number of aromatic nitrogens is 3. The molecule has 0 bridgehead atoms. The van der Waals surface area contributed by atoms with Gasteiger partial charge in [-0.25, -0.2) is 9.97 Å². The zero-order valence-electron chi connectivity index (χ0n) is 37.3. The summed E-state index contributed by atoms with van der Waals surface area (Å²) in [6.45, 7) is 0. The first-order valence-electron chi connectivity index (χ1n) is 23.2. The predicted octanol–water partition coefficient (Wildman–Crippen LogP) is 13.3. The van der Waals surface area contributed by atoms with Gasteiger partial charge in [-0.3, -0.25) is 4.57 Å². The number of hydrogen-bond acceptors (Lipinski definition) is 2. The molecule has 0 unspecified atom stereocenters. The molecule has 12 aromatic rings. The van der Waals surface area contributed by atoms with Crippen LogP contribution < -0.4 is 20.7 Å². The topological polar surface area (TPSA) is 30.7 Å².